The molecule has 0 bridgehead atoms. The number of anilines is 1. The first-order valence-corrected chi connectivity index (χ1v) is 11.1. The second-order valence-corrected chi connectivity index (χ2v) is 8.41. The Morgan fingerprint density at radius 2 is 1.78 bits per heavy atom. The number of esters is 2. The van der Waals surface area contributed by atoms with Crippen LogP contribution in [-0.4, -0.2) is 53.8 Å². The Kier molecular flexibility index (Phi) is 8.07. The number of ketones is 1. The molecule has 0 aliphatic rings. The van der Waals surface area contributed by atoms with Crippen molar-refractivity contribution >= 4 is 56.1 Å². The number of hydrogen-bond donors (Lipinski definition) is 4. The number of nitrogens with zero attached hydrogens (tertiary/aromatic N) is 1. The molecular formula is C22H18F3N5O6S. The van der Waals surface area contributed by atoms with E-state index in [1.54, 1.807) is 18.2 Å². The largest absolute Gasteiger partial charge is 0.491 e. The first kappa shape index (κ1) is 27.1. The number of ether oxygens (including phenoxy) is 2. The van der Waals surface area contributed by atoms with Crippen molar-refractivity contribution in [1.29, 1.82) is 5.41 Å². The van der Waals surface area contributed by atoms with E-state index in [-0.39, 0.29) is 35.9 Å². The molecule has 3 aromatic rings. The number of nitrogen functional groups attached to an aromatic ring is 2. The van der Waals surface area contributed by atoms with Crippen LogP contribution < -0.4 is 21.5 Å². The third-order valence-electron chi connectivity index (χ3n) is 4.69. The van der Waals surface area contributed by atoms with Crippen molar-refractivity contribution in [2.45, 2.75) is 12.6 Å². The molecule has 0 spiro atoms. The number of nitrogens with one attached hydrogen (secondary N) is 2. The average molecular weight is 537 g/mol. The van der Waals surface area contributed by atoms with Gasteiger partial charge in [-0.05, 0) is 24.3 Å². The van der Waals surface area contributed by atoms with E-state index in [1.165, 1.54) is 29.5 Å². The van der Waals surface area contributed by atoms with Gasteiger partial charge in [-0.25, -0.2) is 14.6 Å². The summed E-state index contributed by atoms with van der Waals surface area (Å²) in [6, 6.07) is 8.73. The normalized spacial score (nSPS) is 11.1. The molecule has 1 aromatic heterocycles. The van der Waals surface area contributed by atoms with Gasteiger partial charge in [0.1, 0.15) is 18.2 Å². The third kappa shape index (κ3) is 7.00. The molecule has 15 heteroatoms. The summed E-state index contributed by atoms with van der Waals surface area (Å²) in [4.78, 5) is 51.0. The van der Waals surface area contributed by atoms with E-state index in [1.807, 2.05) is 0 Å². The van der Waals surface area contributed by atoms with Gasteiger partial charge < -0.3 is 26.3 Å². The van der Waals surface area contributed by atoms with Crippen LogP contribution in [0.3, 0.4) is 0 Å². The van der Waals surface area contributed by atoms with Gasteiger partial charge in [0.25, 0.3) is 5.91 Å². The van der Waals surface area contributed by atoms with E-state index in [9.17, 15) is 32.3 Å². The average Bonchev–Trinajstić information content (AvgIpc) is 3.20. The fourth-order valence-corrected chi connectivity index (χ4v) is 3.73. The number of nitrogens with two attached hydrogens (primary N) is 2. The molecule has 3 rings (SSSR count). The Labute approximate surface area is 210 Å². The van der Waals surface area contributed by atoms with Gasteiger partial charge in [0, 0.05) is 23.1 Å². The highest BCUT2D eigenvalue weighted by Crippen LogP contribution is 2.25. The van der Waals surface area contributed by atoms with Crippen LogP contribution in [0.4, 0.5) is 18.3 Å². The maximum Gasteiger partial charge on any atom is 0.491 e. The molecule has 1 amide bonds. The smallest absolute Gasteiger partial charge is 0.491 e. The highest BCUT2D eigenvalue weighted by molar-refractivity contribution is 7.22. The molecule has 194 valence electrons. The van der Waals surface area contributed by atoms with Gasteiger partial charge in [-0.3, -0.25) is 15.0 Å². The summed E-state index contributed by atoms with van der Waals surface area (Å²) >= 11 is 1.23. The lowest BCUT2D eigenvalue weighted by molar-refractivity contribution is -0.202. The maximum atomic E-state index is 12.4. The summed E-state index contributed by atoms with van der Waals surface area (Å²) in [5.74, 6) is -7.02. The third-order valence-corrected chi connectivity index (χ3v) is 5.53. The van der Waals surface area contributed by atoms with E-state index >= 15 is 0 Å². The SMILES string of the molecule is N=C(N)c1ccc(CC(=O)C(=O)OC(=O)C(F)(F)F)c(OCCNC(=O)c2ccc3nc(N)sc3c2)c1. The fraction of sp³-hybridized carbons (Fsp3) is 0.182. The van der Waals surface area contributed by atoms with E-state index in [4.69, 9.17) is 21.6 Å². The van der Waals surface area contributed by atoms with Gasteiger partial charge in [-0.15, -0.1) is 0 Å². The molecule has 0 aliphatic heterocycles. The van der Waals surface area contributed by atoms with E-state index in [0.29, 0.717) is 16.2 Å². The van der Waals surface area contributed by atoms with Gasteiger partial charge in [-0.1, -0.05) is 23.5 Å². The molecule has 0 atom stereocenters. The molecule has 0 radical (unpaired) electrons. The monoisotopic (exact) mass is 537 g/mol. The summed E-state index contributed by atoms with van der Waals surface area (Å²) in [5, 5.41) is 10.5. The Morgan fingerprint density at radius 1 is 1.08 bits per heavy atom. The molecule has 11 nitrogen and oxygen atoms in total. The van der Waals surface area contributed by atoms with Crippen molar-refractivity contribution in [2.75, 3.05) is 18.9 Å². The van der Waals surface area contributed by atoms with Crippen LogP contribution in [0.25, 0.3) is 10.2 Å². The van der Waals surface area contributed by atoms with Crippen LogP contribution in [0, 0.1) is 5.41 Å². The Hall–Kier alpha value is -4.53. The molecule has 0 aliphatic carbocycles. The predicted molar refractivity (Wildman–Crippen MR) is 125 cm³/mol. The Morgan fingerprint density at radius 3 is 2.46 bits per heavy atom. The van der Waals surface area contributed by atoms with Crippen molar-refractivity contribution < 1.29 is 41.8 Å². The number of alkyl halides is 3. The zero-order chi connectivity index (χ0) is 27.3. The first-order chi connectivity index (χ1) is 17.3. The number of amides is 1. The number of carbonyl (C=O) groups excluding carboxylic acids is 4. The van der Waals surface area contributed by atoms with Crippen molar-refractivity contribution in [3.63, 3.8) is 0 Å². The van der Waals surface area contributed by atoms with E-state index < -0.39 is 36.2 Å². The number of amidine groups is 1. The van der Waals surface area contributed by atoms with Crippen molar-refractivity contribution in [1.82, 2.24) is 10.3 Å². The van der Waals surface area contributed by atoms with Crippen LogP contribution in [0.2, 0.25) is 0 Å². The molecule has 0 fully saturated rings. The van der Waals surface area contributed by atoms with Crippen LogP contribution in [0.1, 0.15) is 21.5 Å². The van der Waals surface area contributed by atoms with Crippen LogP contribution in [0.5, 0.6) is 5.75 Å². The fourth-order valence-electron chi connectivity index (χ4n) is 2.96. The lowest BCUT2D eigenvalue weighted by atomic mass is 10.0. The number of Topliss-reactive ketones (excluding diaryl/α,β-unsaturated/α-hetero) is 1. The number of halogens is 3. The lowest BCUT2D eigenvalue weighted by Crippen LogP contribution is -2.31. The zero-order valence-electron chi connectivity index (χ0n) is 18.7. The van der Waals surface area contributed by atoms with Gasteiger partial charge in [0.2, 0.25) is 5.78 Å². The zero-order valence-corrected chi connectivity index (χ0v) is 19.5. The Balaban J connectivity index is 1.63. The lowest BCUT2D eigenvalue weighted by Gasteiger charge is -2.13. The minimum Gasteiger partial charge on any atom is -0.491 e. The number of hydrogen-bond acceptors (Lipinski definition) is 10. The predicted octanol–water partition coefficient (Wildman–Crippen LogP) is 1.72. The molecule has 37 heavy (non-hydrogen) atoms. The van der Waals surface area contributed by atoms with Gasteiger partial charge in [0.05, 0.1) is 16.8 Å². The van der Waals surface area contributed by atoms with Crippen molar-refractivity contribution in [3.05, 3.63) is 53.1 Å². The van der Waals surface area contributed by atoms with Gasteiger partial charge >= 0.3 is 18.1 Å². The number of carbonyl (C=O) groups is 4. The van der Waals surface area contributed by atoms with Gasteiger partial charge in [0.15, 0.2) is 5.13 Å². The molecule has 0 saturated carbocycles. The Bertz CT molecular complexity index is 1410. The summed E-state index contributed by atoms with van der Waals surface area (Å²) in [6.07, 6.45) is -6.21. The number of aromatic nitrogens is 1. The van der Waals surface area contributed by atoms with Crippen LogP contribution >= 0.6 is 11.3 Å². The number of fused-ring (bicyclic) bond motifs is 1. The van der Waals surface area contributed by atoms with Gasteiger partial charge in [-0.2, -0.15) is 13.2 Å². The molecule has 6 N–H and O–H groups in total. The summed E-state index contributed by atoms with van der Waals surface area (Å²) in [7, 11) is 0. The van der Waals surface area contributed by atoms with Crippen molar-refractivity contribution in [3.8, 4) is 5.75 Å². The number of benzene rings is 2. The second kappa shape index (κ2) is 11.0. The number of rotatable bonds is 9. The summed E-state index contributed by atoms with van der Waals surface area (Å²) in [6.45, 7) is -0.122. The highest BCUT2D eigenvalue weighted by Gasteiger charge is 2.43. The van der Waals surface area contributed by atoms with E-state index in [0.717, 1.165) is 4.70 Å². The topological polar surface area (TPSA) is 188 Å². The molecular weight excluding hydrogens is 519 g/mol. The standard InChI is InChI=1S/C22H18F3N5O6S/c23-22(24,25)20(34)36-19(33)14(31)7-10-1-2-11(17(26)27)8-15(10)35-6-5-29-18(32)12-3-4-13-16(9-12)37-21(28)30-13/h1-4,8-9H,5-7H2,(H3,26,27)(H2,28,30)(H,29,32). The maximum absolute atomic E-state index is 12.4. The molecule has 0 saturated heterocycles. The summed E-state index contributed by atoms with van der Waals surface area (Å²) in [5.41, 5.74) is 12.4. The summed E-state index contributed by atoms with van der Waals surface area (Å²) < 4.78 is 46.6. The number of thiazole rings is 1. The van der Waals surface area contributed by atoms with Crippen LogP contribution in [-0.2, 0) is 25.5 Å². The molecule has 2 aromatic carbocycles. The quantitative estimate of drug-likeness (QED) is 0.0787. The van der Waals surface area contributed by atoms with E-state index in [2.05, 4.69) is 15.0 Å². The second-order valence-electron chi connectivity index (χ2n) is 7.35. The first-order valence-electron chi connectivity index (χ1n) is 10.3. The minimum atomic E-state index is -5.45. The minimum absolute atomic E-state index is 0.00150. The molecule has 1 heterocycles. The van der Waals surface area contributed by atoms with Crippen LogP contribution in [0.15, 0.2) is 36.4 Å². The van der Waals surface area contributed by atoms with Crippen molar-refractivity contribution in [2.24, 2.45) is 5.73 Å². The highest BCUT2D eigenvalue weighted by atomic mass is 32.1. The molecule has 0 unspecified atom stereocenters.